The van der Waals surface area contributed by atoms with Crippen molar-refractivity contribution in [1.29, 1.82) is 0 Å². The Morgan fingerprint density at radius 3 is 3.07 bits per heavy atom. The average molecular weight is 403 g/mol. The maximum absolute atomic E-state index is 5.92. The van der Waals surface area contributed by atoms with Crippen molar-refractivity contribution in [1.82, 2.24) is 35.5 Å². The van der Waals surface area contributed by atoms with E-state index in [0.717, 1.165) is 29.7 Å². The van der Waals surface area contributed by atoms with Crippen molar-refractivity contribution in [2.45, 2.75) is 44.7 Å². The molecule has 8 heteroatoms. The van der Waals surface area contributed by atoms with Gasteiger partial charge < -0.3 is 11.1 Å². The van der Waals surface area contributed by atoms with Gasteiger partial charge in [0.2, 0.25) is 0 Å². The number of rotatable bonds is 5. The lowest BCUT2D eigenvalue weighted by Gasteiger charge is -2.28. The molecule has 30 heavy (non-hydrogen) atoms. The monoisotopic (exact) mass is 402 g/mol. The van der Waals surface area contributed by atoms with E-state index in [1.807, 2.05) is 16.9 Å². The summed E-state index contributed by atoms with van der Waals surface area (Å²) in [6.07, 6.45) is 7.07. The quantitative estimate of drug-likeness (QED) is 0.473. The minimum atomic E-state index is 0.458. The van der Waals surface area contributed by atoms with Gasteiger partial charge in [0.05, 0.1) is 12.7 Å². The number of hydrogen-bond donors (Lipinski definition) is 3. The first-order valence-corrected chi connectivity index (χ1v) is 10.4. The number of pyridine rings is 1. The zero-order chi connectivity index (χ0) is 20.5. The van der Waals surface area contributed by atoms with E-state index in [2.05, 4.69) is 68.2 Å². The molecule has 2 unspecified atom stereocenters. The third-order valence-corrected chi connectivity index (χ3v) is 5.87. The second-order valence-corrected chi connectivity index (χ2v) is 8.26. The summed E-state index contributed by atoms with van der Waals surface area (Å²) in [5, 5.41) is 18.9. The summed E-state index contributed by atoms with van der Waals surface area (Å²) in [5.74, 6) is 1.09. The van der Waals surface area contributed by atoms with Crippen LogP contribution in [-0.4, -0.2) is 42.8 Å². The van der Waals surface area contributed by atoms with Crippen LogP contribution in [0.5, 0.6) is 0 Å². The van der Waals surface area contributed by atoms with E-state index in [9.17, 15) is 0 Å². The minimum Gasteiger partial charge on any atom is -0.384 e. The van der Waals surface area contributed by atoms with Gasteiger partial charge in [-0.2, -0.15) is 5.10 Å². The van der Waals surface area contributed by atoms with Crippen LogP contribution in [0.2, 0.25) is 0 Å². The standard InChI is InChI=1S/C22H26N8/c1-14-7-18(5-6-24-14)17-4-2-3-15(8-17)12-30-13-16(11-25-30)9-19-10-20(23)26-22-21(19)27-29-28-22/h2-4,8,10-11,13-14,18,24H,5-7,9,12H2,1H3,(H3,23,26,27,28,29). The maximum Gasteiger partial charge on any atom is 0.178 e. The molecule has 0 spiro atoms. The highest BCUT2D eigenvalue weighted by Crippen LogP contribution is 2.28. The largest absolute Gasteiger partial charge is 0.384 e. The summed E-state index contributed by atoms with van der Waals surface area (Å²) in [7, 11) is 0. The second kappa shape index (κ2) is 7.87. The third kappa shape index (κ3) is 3.91. The summed E-state index contributed by atoms with van der Waals surface area (Å²) < 4.78 is 1.99. The Morgan fingerprint density at radius 2 is 2.17 bits per heavy atom. The zero-order valence-electron chi connectivity index (χ0n) is 17.0. The summed E-state index contributed by atoms with van der Waals surface area (Å²) in [5.41, 5.74) is 12.1. The molecule has 4 N–H and O–H groups in total. The fraction of sp³-hybridized carbons (Fsp3) is 0.364. The first kappa shape index (κ1) is 18.7. The molecule has 154 valence electrons. The molecule has 3 aromatic heterocycles. The smallest absolute Gasteiger partial charge is 0.178 e. The fourth-order valence-corrected chi connectivity index (χ4v) is 4.43. The third-order valence-electron chi connectivity index (χ3n) is 5.87. The number of nitrogens with one attached hydrogen (secondary N) is 2. The highest BCUT2D eigenvalue weighted by atomic mass is 15.3. The van der Waals surface area contributed by atoms with Crippen LogP contribution in [0.3, 0.4) is 0 Å². The van der Waals surface area contributed by atoms with E-state index >= 15 is 0 Å². The molecule has 0 bridgehead atoms. The predicted octanol–water partition coefficient (Wildman–Crippen LogP) is 2.63. The first-order valence-electron chi connectivity index (χ1n) is 10.4. The van der Waals surface area contributed by atoms with Gasteiger partial charge >= 0.3 is 0 Å². The number of H-pyrrole nitrogens is 1. The SMILES string of the molecule is CC1CC(c2cccc(Cn3cc(Cc4cc(N)nc5[nH]nnc45)cn3)c2)CCN1. The van der Waals surface area contributed by atoms with Gasteiger partial charge in [0, 0.05) is 18.7 Å². The van der Waals surface area contributed by atoms with Gasteiger partial charge in [0.25, 0.3) is 0 Å². The summed E-state index contributed by atoms with van der Waals surface area (Å²) >= 11 is 0. The molecule has 0 saturated carbocycles. The Morgan fingerprint density at radius 1 is 1.23 bits per heavy atom. The van der Waals surface area contributed by atoms with Gasteiger partial charge in [0.1, 0.15) is 11.3 Å². The van der Waals surface area contributed by atoms with E-state index in [1.54, 1.807) is 0 Å². The van der Waals surface area contributed by atoms with Crippen LogP contribution in [-0.2, 0) is 13.0 Å². The molecular weight excluding hydrogens is 376 g/mol. The van der Waals surface area contributed by atoms with Crippen molar-refractivity contribution in [2.24, 2.45) is 0 Å². The first-order chi connectivity index (χ1) is 14.6. The van der Waals surface area contributed by atoms with Gasteiger partial charge in [-0.05, 0) is 60.5 Å². The van der Waals surface area contributed by atoms with Crippen molar-refractivity contribution in [3.05, 3.63) is 65.0 Å². The van der Waals surface area contributed by atoms with Gasteiger partial charge in [0.15, 0.2) is 5.65 Å². The van der Waals surface area contributed by atoms with Crippen LogP contribution >= 0.6 is 0 Å². The Bertz CT molecular complexity index is 1160. The molecule has 5 rings (SSSR count). The van der Waals surface area contributed by atoms with E-state index in [1.165, 1.54) is 24.0 Å². The number of aromatic amines is 1. The second-order valence-electron chi connectivity index (χ2n) is 8.26. The number of anilines is 1. The Hall–Kier alpha value is -3.26. The number of aromatic nitrogens is 6. The molecule has 2 atom stereocenters. The van der Waals surface area contributed by atoms with Gasteiger partial charge in [-0.25, -0.2) is 10.1 Å². The molecule has 1 saturated heterocycles. The number of piperidine rings is 1. The lowest BCUT2D eigenvalue weighted by molar-refractivity contribution is 0.381. The highest BCUT2D eigenvalue weighted by molar-refractivity contribution is 5.76. The highest BCUT2D eigenvalue weighted by Gasteiger charge is 2.20. The lowest BCUT2D eigenvalue weighted by atomic mass is 9.86. The maximum atomic E-state index is 5.92. The lowest BCUT2D eigenvalue weighted by Crippen LogP contribution is -2.34. The predicted molar refractivity (Wildman–Crippen MR) is 116 cm³/mol. The van der Waals surface area contributed by atoms with Crippen molar-refractivity contribution < 1.29 is 0 Å². The summed E-state index contributed by atoms with van der Waals surface area (Å²) in [6, 6.07) is 11.4. The Kier molecular flexibility index (Phi) is 4.92. The molecule has 0 radical (unpaired) electrons. The molecule has 0 amide bonds. The molecule has 4 heterocycles. The zero-order valence-corrected chi connectivity index (χ0v) is 17.0. The molecule has 1 aliphatic rings. The van der Waals surface area contributed by atoms with E-state index in [-0.39, 0.29) is 0 Å². The van der Waals surface area contributed by atoms with Crippen molar-refractivity contribution >= 4 is 17.0 Å². The Labute approximate surface area is 174 Å². The van der Waals surface area contributed by atoms with Gasteiger partial charge in [-0.15, -0.1) is 5.10 Å². The molecule has 1 aliphatic heterocycles. The normalized spacial score (nSPS) is 19.4. The summed E-state index contributed by atoms with van der Waals surface area (Å²) in [6.45, 7) is 4.12. The van der Waals surface area contributed by atoms with Crippen molar-refractivity contribution in [3.63, 3.8) is 0 Å². The van der Waals surface area contributed by atoms with Crippen molar-refractivity contribution in [2.75, 3.05) is 12.3 Å². The van der Waals surface area contributed by atoms with Crippen LogP contribution in [0.15, 0.2) is 42.7 Å². The van der Waals surface area contributed by atoms with Crippen molar-refractivity contribution in [3.8, 4) is 0 Å². The Balaban J connectivity index is 1.31. The fourth-order valence-electron chi connectivity index (χ4n) is 4.43. The number of nitrogens with two attached hydrogens (primary N) is 1. The number of hydrogen-bond acceptors (Lipinski definition) is 6. The van der Waals surface area contributed by atoms with Gasteiger partial charge in [-0.3, -0.25) is 4.68 Å². The van der Waals surface area contributed by atoms with Crippen LogP contribution in [0, 0.1) is 0 Å². The molecular formula is C22H26N8. The molecule has 8 nitrogen and oxygen atoms in total. The molecule has 1 aromatic carbocycles. The molecule has 1 fully saturated rings. The van der Waals surface area contributed by atoms with Crippen LogP contribution < -0.4 is 11.1 Å². The number of nitrogens with zero attached hydrogens (tertiary/aromatic N) is 5. The van der Waals surface area contributed by atoms with Crippen LogP contribution in [0.1, 0.15) is 47.9 Å². The number of benzene rings is 1. The number of fused-ring (bicyclic) bond motifs is 1. The van der Waals surface area contributed by atoms with E-state index < -0.39 is 0 Å². The summed E-state index contributed by atoms with van der Waals surface area (Å²) in [4.78, 5) is 4.22. The van der Waals surface area contributed by atoms with E-state index in [4.69, 9.17) is 5.73 Å². The van der Waals surface area contributed by atoms with Crippen LogP contribution in [0.25, 0.3) is 11.2 Å². The molecule has 4 aromatic rings. The van der Waals surface area contributed by atoms with Gasteiger partial charge in [-0.1, -0.05) is 29.5 Å². The number of nitrogen functional groups attached to an aromatic ring is 1. The van der Waals surface area contributed by atoms with E-state index in [0.29, 0.717) is 29.8 Å². The molecule has 0 aliphatic carbocycles. The topological polar surface area (TPSA) is 110 Å². The average Bonchev–Trinajstić information content (AvgIpc) is 3.37. The van der Waals surface area contributed by atoms with Crippen LogP contribution in [0.4, 0.5) is 5.82 Å². The minimum absolute atomic E-state index is 0.458.